The first kappa shape index (κ1) is 15.0. The van der Waals surface area contributed by atoms with Crippen molar-refractivity contribution in [2.75, 3.05) is 32.7 Å². The molecule has 0 bridgehead atoms. The van der Waals surface area contributed by atoms with Crippen molar-refractivity contribution in [2.45, 2.75) is 19.4 Å². The number of carbonyl (C=O) groups excluding carboxylic acids is 1. The van der Waals surface area contributed by atoms with Crippen LogP contribution in [0.2, 0.25) is 0 Å². The minimum Gasteiger partial charge on any atom is -0.392 e. The molecular formula is C14H19N3O2S. The summed E-state index contributed by atoms with van der Waals surface area (Å²) >= 11 is 1.32. The van der Waals surface area contributed by atoms with Crippen LogP contribution in [0.4, 0.5) is 0 Å². The van der Waals surface area contributed by atoms with Crippen LogP contribution in [0, 0.1) is 11.3 Å². The summed E-state index contributed by atoms with van der Waals surface area (Å²) in [6.45, 7) is 5.48. The first-order valence-corrected chi connectivity index (χ1v) is 7.71. The molecule has 1 aromatic rings. The van der Waals surface area contributed by atoms with Crippen molar-refractivity contribution in [1.29, 1.82) is 5.26 Å². The van der Waals surface area contributed by atoms with Crippen LogP contribution in [0.5, 0.6) is 0 Å². The van der Waals surface area contributed by atoms with Crippen molar-refractivity contribution < 1.29 is 9.90 Å². The number of aliphatic hydroxyl groups excluding tert-OH is 1. The number of nitriles is 1. The molecule has 0 spiro atoms. The Kier molecular flexibility index (Phi) is 5.12. The highest BCUT2D eigenvalue weighted by Gasteiger charge is 2.25. The SMILES string of the molecule is CCC(O)CN1CCN(C(=O)c2sccc2C#N)CC1. The van der Waals surface area contributed by atoms with Gasteiger partial charge >= 0.3 is 0 Å². The molecule has 1 N–H and O–H groups in total. The zero-order valence-electron chi connectivity index (χ0n) is 11.6. The van der Waals surface area contributed by atoms with Crippen molar-refractivity contribution in [3.63, 3.8) is 0 Å². The van der Waals surface area contributed by atoms with E-state index >= 15 is 0 Å². The Labute approximate surface area is 123 Å². The van der Waals surface area contributed by atoms with Crippen LogP contribution in [0.3, 0.4) is 0 Å². The van der Waals surface area contributed by atoms with Crippen molar-refractivity contribution in [3.05, 3.63) is 21.9 Å². The minimum absolute atomic E-state index is 0.0489. The van der Waals surface area contributed by atoms with E-state index in [2.05, 4.69) is 11.0 Å². The monoisotopic (exact) mass is 293 g/mol. The van der Waals surface area contributed by atoms with Crippen molar-refractivity contribution in [1.82, 2.24) is 9.80 Å². The predicted octanol–water partition coefficient (Wildman–Crippen LogP) is 1.15. The summed E-state index contributed by atoms with van der Waals surface area (Å²) in [5.74, 6) is -0.0489. The van der Waals surface area contributed by atoms with Crippen LogP contribution in [0.25, 0.3) is 0 Å². The Balaban J connectivity index is 1.91. The van der Waals surface area contributed by atoms with Gasteiger partial charge in [0.15, 0.2) is 0 Å². The van der Waals surface area contributed by atoms with Crippen LogP contribution < -0.4 is 0 Å². The highest BCUT2D eigenvalue weighted by atomic mass is 32.1. The van der Waals surface area contributed by atoms with Gasteiger partial charge < -0.3 is 10.0 Å². The molecule has 2 heterocycles. The maximum absolute atomic E-state index is 12.3. The molecule has 0 radical (unpaired) electrons. The normalized spacial score (nSPS) is 17.8. The summed E-state index contributed by atoms with van der Waals surface area (Å²) < 4.78 is 0. The third-order valence-electron chi connectivity index (χ3n) is 3.58. The van der Waals surface area contributed by atoms with E-state index in [9.17, 15) is 9.90 Å². The molecule has 6 heteroatoms. The molecule has 2 rings (SSSR count). The molecule has 108 valence electrons. The Morgan fingerprint density at radius 3 is 2.80 bits per heavy atom. The van der Waals surface area contributed by atoms with Gasteiger partial charge in [0.25, 0.3) is 5.91 Å². The van der Waals surface area contributed by atoms with Gasteiger partial charge in [-0.25, -0.2) is 0 Å². The van der Waals surface area contributed by atoms with Crippen molar-refractivity contribution in [2.24, 2.45) is 0 Å². The van der Waals surface area contributed by atoms with Crippen LogP contribution in [-0.4, -0.2) is 59.6 Å². The molecule has 1 saturated heterocycles. The van der Waals surface area contributed by atoms with Gasteiger partial charge in [-0.3, -0.25) is 9.69 Å². The molecule has 1 atom stereocenters. The van der Waals surface area contributed by atoms with Gasteiger partial charge in [0, 0.05) is 32.7 Å². The molecule has 1 amide bonds. The zero-order valence-corrected chi connectivity index (χ0v) is 12.4. The van der Waals surface area contributed by atoms with E-state index in [-0.39, 0.29) is 12.0 Å². The Hall–Kier alpha value is -1.42. The largest absolute Gasteiger partial charge is 0.392 e. The highest BCUT2D eigenvalue weighted by Crippen LogP contribution is 2.19. The maximum Gasteiger partial charge on any atom is 0.265 e. The molecule has 1 fully saturated rings. The molecular weight excluding hydrogens is 274 g/mol. The summed E-state index contributed by atoms with van der Waals surface area (Å²) in [7, 11) is 0. The lowest BCUT2D eigenvalue weighted by atomic mass is 10.2. The molecule has 1 aliphatic rings. The Morgan fingerprint density at radius 1 is 1.50 bits per heavy atom. The second-order valence-electron chi connectivity index (χ2n) is 4.93. The summed E-state index contributed by atoms with van der Waals surface area (Å²) in [6.07, 6.45) is 0.458. The quantitative estimate of drug-likeness (QED) is 0.904. The van der Waals surface area contributed by atoms with Crippen LogP contribution in [-0.2, 0) is 0 Å². The zero-order chi connectivity index (χ0) is 14.5. The number of thiophene rings is 1. The third kappa shape index (κ3) is 3.37. The highest BCUT2D eigenvalue weighted by molar-refractivity contribution is 7.12. The lowest BCUT2D eigenvalue weighted by molar-refractivity contribution is 0.0527. The number of nitrogens with zero attached hydrogens (tertiary/aromatic N) is 3. The number of aliphatic hydroxyl groups is 1. The van der Waals surface area contributed by atoms with E-state index in [1.54, 1.807) is 16.3 Å². The van der Waals surface area contributed by atoms with Gasteiger partial charge in [-0.15, -0.1) is 11.3 Å². The average molecular weight is 293 g/mol. The molecule has 20 heavy (non-hydrogen) atoms. The fourth-order valence-corrected chi connectivity index (χ4v) is 3.08. The molecule has 5 nitrogen and oxygen atoms in total. The number of hydrogen-bond donors (Lipinski definition) is 1. The molecule has 0 aliphatic carbocycles. The molecule has 0 aromatic carbocycles. The number of amides is 1. The van der Waals surface area contributed by atoms with E-state index in [1.165, 1.54) is 11.3 Å². The first-order valence-electron chi connectivity index (χ1n) is 6.83. The average Bonchev–Trinajstić information content (AvgIpc) is 2.95. The summed E-state index contributed by atoms with van der Waals surface area (Å²) in [6, 6.07) is 3.74. The van der Waals surface area contributed by atoms with Crippen LogP contribution >= 0.6 is 11.3 Å². The van der Waals surface area contributed by atoms with Gasteiger partial charge in [-0.2, -0.15) is 5.26 Å². The van der Waals surface area contributed by atoms with Gasteiger partial charge in [-0.1, -0.05) is 6.92 Å². The fraction of sp³-hybridized carbons (Fsp3) is 0.571. The topological polar surface area (TPSA) is 67.6 Å². The van der Waals surface area contributed by atoms with E-state index in [0.717, 1.165) is 19.5 Å². The standard InChI is InChI=1S/C14H19N3O2S/c1-2-12(18)10-16-4-6-17(7-5-16)14(19)13-11(9-15)3-8-20-13/h3,8,12,18H,2,4-7,10H2,1H3. The van der Waals surface area contributed by atoms with Gasteiger partial charge in [-0.05, 0) is 17.9 Å². The number of piperazine rings is 1. The summed E-state index contributed by atoms with van der Waals surface area (Å²) in [5.41, 5.74) is 0.462. The smallest absolute Gasteiger partial charge is 0.265 e. The van der Waals surface area contributed by atoms with E-state index in [0.29, 0.717) is 30.1 Å². The molecule has 1 unspecified atom stereocenters. The van der Waals surface area contributed by atoms with Gasteiger partial charge in [0.05, 0.1) is 11.7 Å². The fourth-order valence-electron chi connectivity index (χ4n) is 2.27. The lowest BCUT2D eigenvalue weighted by Crippen LogP contribution is -2.50. The van der Waals surface area contributed by atoms with Crippen molar-refractivity contribution >= 4 is 17.2 Å². The first-order chi connectivity index (χ1) is 9.65. The molecule has 1 aliphatic heterocycles. The van der Waals surface area contributed by atoms with Crippen LogP contribution in [0.15, 0.2) is 11.4 Å². The molecule has 1 aromatic heterocycles. The van der Waals surface area contributed by atoms with Gasteiger partial charge in [0.1, 0.15) is 10.9 Å². The number of hydrogen-bond acceptors (Lipinski definition) is 5. The lowest BCUT2D eigenvalue weighted by Gasteiger charge is -2.35. The summed E-state index contributed by atoms with van der Waals surface area (Å²) in [5, 5.41) is 20.4. The number of carbonyl (C=O) groups is 1. The van der Waals surface area contributed by atoms with Crippen LogP contribution in [0.1, 0.15) is 28.6 Å². The third-order valence-corrected chi connectivity index (χ3v) is 4.48. The maximum atomic E-state index is 12.3. The van der Waals surface area contributed by atoms with E-state index in [1.807, 2.05) is 6.92 Å². The second kappa shape index (κ2) is 6.84. The van der Waals surface area contributed by atoms with E-state index < -0.39 is 0 Å². The van der Waals surface area contributed by atoms with Crippen molar-refractivity contribution in [3.8, 4) is 6.07 Å². The summed E-state index contributed by atoms with van der Waals surface area (Å²) in [4.78, 5) is 16.9. The van der Waals surface area contributed by atoms with Gasteiger partial charge in [0.2, 0.25) is 0 Å². The predicted molar refractivity (Wildman–Crippen MR) is 77.7 cm³/mol. The Morgan fingerprint density at radius 2 is 2.20 bits per heavy atom. The minimum atomic E-state index is -0.292. The molecule has 0 saturated carbocycles. The number of rotatable bonds is 4. The Bertz CT molecular complexity index is 501. The second-order valence-corrected chi connectivity index (χ2v) is 5.85. The van der Waals surface area contributed by atoms with E-state index in [4.69, 9.17) is 5.26 Å². The number of β-amino-alcohol motifs (C(OH)–C–C–N with tert-alkyl or cyclic N) is 1.